The van der Waals surface area contributed by atoms with Crippen molar-refractivity contribution < 1.29 is 9.53 Å². The second kappa shape index (κ2) is 7.67. The lowest BCUT2D eigenvalue weighted by molar-refractivity contribution is -0.120. The van der Waals surface area contributed by atoms with Crippen LogP contribution in [0.25, 0.3) is 0 Å². The number of thioether (sulfide) groups is 1. The SMILES string of the molecule is O=C(NC1CC1)[C@H](Sc1n[nH]c(=O)n1C[C@@H]1CCCO1)c1ccccc1. The van der Waals surface area contributed by atoms with Crippen LogP contribution in [0.3, 0.4) is 0 Å². The van der Waals surface area contributed by atoms with Gasteiger partial charge in [-0.1, -0.05) is 42.1 Å². The summed E-state index contributed by atoms with van der Waals surface area (Å²) < 4.78 is 7.23. The molecule has 2 fully saturated rings. The first-order valence-corrected chi connectivity index (χ1v) is 9.87. The Morgan fingerprint density at radius 3 is 2.85 bits per heavy atom. The maximum absolute atomic E-state index is 12.8. The average Bonchev–Trinajstić information content (AvgIpc) is 3.19. The third-order valence-corrected chi connectivity index (χ3v) is 5.87. The van der Waals surface area contributed by atoms with Gasteiger partial charge >= 0.3 is 5.69 Å². The number of carbonyl (C=O) groups is 1. The van der Waals surface area contributed by atoms with Gasteiger partial charge in [0.1, 0.15) is 5.25 Å². The number of H-pyrrole nitrogens is 1. The number of benzene rings is 1. The minimum absolute atomic E-state index is 0.0279. The van der Waals surface area contributed by atoms with Crippen molar-refractivity contribution in [3.8, 4) is 0 Å². The molecule has 1 amide bonds. The molecule has 0 radical (unpaired) electrons. The van der Waals surface area contributed by atoms with E-state index in [4.69, 9.17) is 4.74 Å². The Hall–Kier alpha value is -2.06. The molecule has 138 valence electrons. The van der Waals surface area contributed by atoms with Crippen LogP contribution in [-0.2, 0) is 16.1 Å². The van der Waals surface area contributed by atoms with Gasteiger partial charge in [0.15, 0.2) is 5.16 Å². The molecule has 2 heterocycles. The normalized spacial score (nSPS) is 20.8. The van der Waals surface area contributed by atoms with Gasteiger partial charge in [-0.25, -0.2) is 9.89 Å². The van der Waals surface area contributed by atoms with Crippen molar-refractivity contribution in [2.75, 3.05) is 6.61 Å². The Bertz CT molecular complexity index is 809. The van der Waals surface area contributed by atoms with Gasteiger partial charge in [-0.3, -0.25) is 9.36 Å². The summed E-state index contributed by atoms with van der Waals surface area (Å²) in [5.41, 5.74) is 0.632. The molecule has 1 aliphatic carbocycles. The molecule has 1 saturated heterocycles. The maximum Gasteiger partial charge on any atom is 0.344 e. The Morgan fingerprint density at radius 1 is 1.35 bits per heavy atom. The first kappa shape index (κ1) is 17.4. The molecule has 1 aromatic carbocycles. The van der Waals surface area contributed by atoms with Crippen molar-refractivity contribution in [1.29, 1.82) is 0 Å². The largest absolute Gasteiger partial charge is 0.376 e. The highest BCUT2D eigenvalue weighted by Gasteiger charge is 2.31. The fourth-order valence-electron chi connectivity index (χ4n) is 3.06. The number of ether oxygens (including phenoxy) is 1. The molecule has 0 bridgehead atoms. The van der Waals surface area contributed by atoms with Gasteiger partial charge in [0.2, 0.25) is 5.91 Å². The molecule has 0 unspecified atom stereocenters. The van der Waals surface area contributed by atoms with E-state index in [1.54, 1.807) is 4.57 Å². The predicted octanol–water partition coefficient (Wildman–Crippen LogP) is 1.86. The van der Waals surface area contributed by atoms with Crippen molar-refractivity contribution in [2.45, 2.75) is 54.8 Å². The molecule has 1 saturated carbocycles. The Morgan fingerprint density at radius 2 is 2.15 bits per heavy atom. The molecule has 7 nitrogen and oxygen atoms in total. The highest BCUT2D eigenvalue weighted by atomic mass is 32.2. The number of hydrogen-bond donors (Lipinski definition) is 2. The lowest BCUT2D eigenvalue weighted by atomic mass is 10.1. The summed E-state index contributed by atoms with van der Waals surface area (Å²) in [7, 11) is 0. The highest BCUT2D eigenvalue weighted by molar-refractivity contribution is 8.00. The van der Waals surface area contributed by atoms with E-state index in [2.05, 4.69) is 15.5 Å². The minimum Gasteiger partial charge on any atom is -0.376 e. The minimum atomic E-state index is -0.449. The van der Waals surface area contributed by atoms with Crippen molar-refractivity contribution in [3.63, 3.8) is 0 Å². The van der Waals surface area contributed by atoms with E-state index in [1.165, 1.54) is 11.8 Å². The molecular formula is C18H22N4O3S. The number of nitrogens with one attached hydrogen (secondary N) is 2. The van der Waals surface area contributed by atoms with E-state index in [-0.39, 0.29) is 23.7 Å². The third kappa shape index (κ3) is 4.02. The van der Waals surface area contributed by atoms with Gasteiger partial charge in [-0.2, -0.15) is 0 Å². The Balaban J connectivity index is 1.57. The van der Waals surface area contributed by atoms with E-state index in [0.29, 0.717) is 11.7 Å². The summed E-state index contributed by atoms with van der Waals surface area (Å²) in [5.74, 6) is -0.0391. The standard InChI is InChI=1S/C18H22N4O3S/c23-16(19-13-8-9-13)15(12-5-2-1-3-6-12)26-18-21-20-17(24)22(18)11-14-7-4-10-25-14/h1-3,5-6,13-15H,4,7-11H2,(H,19,23)(H,20,24)/t14-,15+/m0/s1. The van der Waals surface area contributed by atoms with Gasteiger partial charge in [0.25, 0.3) is 0 Å². The second-order valence-electron chi connectivity index (χ2n) is 6.75. The van der Waals surface area contributed by atoms with Crippen LogP contribution >= 0.6 is 11.8 Å². The van der Waals surface area contributed by atoms with Crippen molar-refractivity contribution in [1.82, 2.24) is 20.1 Å². The Labute approximate surface area is 155 Å². The van der Waals surface area contributed by atoms with E-state index in [9.17, 15) is 9.59 Å². The molecule has 8 heteroatoms. The number of carbonyl (C=O) groups excluding carboxylic acids is 1. The van der Waals surface area contributed by atoms with Gasteiger partial charge in [0, 0.05) is 12.6 Å². The topological polar surface area (TPSA) is 89.0 Å². The monoisotopic (exact) mass is 374 g/mol. The van der Waals surface area contributed by atoms with Gasteiger partial charge in [-0.15, -0.1) is 5.10 Å². The van der Waals surface area contributed by atoms with Crippen molar-refractivity contribution in [2.24, 2.45) is 0 Å². The van der Waals surface area contributed by atoms with Crippen LogP contribution < -0.4 is 11.0 Å². The summed E-state index contributed by atoms with van der Waals surface area (Å²) >= 11 is 1.30. The van der Waals surface area contributed by atoms with E-state index >= 15 is 0 Å². The number of nitrogens with zero attached hydrogens (tertiary/aromatic N) is 2. The zero-order chi connectivity index (χ0) is 17.9. The van der Waals surface area contributed by atoms with Crippen molar-refractivity contribution in [3.05, 3.63) is 46.4 Å². The summed E-state index contributed by atoms with van der Waals surface area (Å²) in [4.78, 5) is 25.0. The van der Waals surface area contributed by atoms with Crippen LogP contribution in [-0.4, -0.2) is 39.4 Å². The predicted molar refractivity (Wildman–Crippen MR) is 98.0 cm³/mol. The number of rotatable bonds is 7. The molecule has 2 aliphatic rings. The lowest BCUT2D eigenvalue weighted by Crippen LogP contribution is -2.30. The quantitative estimate of drug-likeness (QED) is 0.722. The van der Waals surface area contributed by atoms with Crippen LogP contribution in [0.15, 0.2) is 40.3 Å². The fraction of sp³-hybridized carbons (Fsp3) is 0.500. The molecule has 1 aliphatic heterocycles. The molecule has 2 atom stereocenters. The molecule has 26 heavy (non-hydrogen) atoms. The first-order valence-electron chi connectivity index (χ1n) is 8.99. The molecule has 1 aromatic heterocycles. The number of hydrogen-bond acceptors (Lipinski definition) is 5. The van der Waals surface area contributed by atoms with E-state index in [0.717, 1.165) is 37.9 Å². The summed E-state index contributed by atoms with van der Waals surface area (Å²) in [6.45, 7) is 1.19. The molecule has 0 spiro atoms. The zero-order valence-electron chi connectivity index (χ0n) is 14.4. The van der Waals surface area contributed by atoms with Gasteiger partial charge in [-0.05, 0) is 31.2 Å². The van der Waals surface area contributed by atoms with E-state index < -0.39 is 5.25 Å². The van der Waals surface area contributed by atoms with Crippen LogP contribution in [0, 0.1) is 0 Å². The third-order valence-electron chi connectivity index (χ3n) is 4.62. The van der Waals surface area contributed by atoms with Crippen LogP contribution in [0.4, 0.5) is 0 Å². The second-order valence-corrected chi connectivity index (χ2v) is 7.82. The number of aromatic nitrogens is 3. The first-order chi connectivity index (χ1) is 12.7. The van der Waals surface area contributed by atoms with E-state index in [1.807, 2.05) is 30.3 Å². The highest BCUT2D eigenvalue weighted by Crippen LogP contribution is 2.35. The molecule has 2 N–H and O–H groups in total. The smallest absolute Gasteiger partial charge is 0.344 e. The van der Waals surface area contributed by atoms with Crippen LogP contribution in [0.1, 0.15) is 36.5 Å². The fourth-order valence-corrected chi connectivity index (χ4v) is 4.12. The Kier molecular flexibility index (Phi) is 5.12. The lowest BCUT2D eigenvalue weighted by Gasteiger charge is -2.17. The summed E-state index contributed by atoms with van der Waals surface area (Å²) in [5, 5.41) is 9.79. The summed E-state index contributed by atoms with van der Waals surface area (Å²) in [6.07, 6.45) is 4.04. The number of aromatic amines is 1. The van der Waals surface area contributed by atoms with Crippen LogP contribution in [0.5, 0.6) is 0 Å². The molecular weight excluding hydrogens is 352 g/mol. The summed E-state index contributed by atoms with van der Waals surface area (Å²) in [6, 6.07) is 9.89. The maximum atomic E-state index is 12.8. The molecule has 4 rings (SSSR count). The van der Waals surface area contributed by atoms with Crippen LogP contribution in [0.2, 0.25) is 0 Å². The van der Waals surface area contributed by atoms with Crippen molar-refractivity contribution >= 4 is 17.7 Å². The number of amides is 1. The van der Waals surface area contributed by atoms with Gasteiger partial charge in [0.05, 0.1) is 12.6 Å². The average molecular weight is 374 g/mol. The van der Waals surface area contributed by atoms with Gasteiger partial charge < -0.3 is 10.1 Å². The zero-order valence-corrected chi connectivity index (χ0v) is 15.2. The molecule has 2 aromatic rings.